The third kappa shape index (κ3) is 4.17. The molecule has 1 unspecified atom stereocenters. The third-order valence-electron chi connectivity index (χ3n) is 3.43. The summed E-state index contributed by atoms with van der Waals surface area (Å²) in [6.45, 7) is 2.96. The smallest absolute Gasteiger partial charge is 0.123 e. The Hall–Kier alpha value is -1.68. The molecule has 108 valence electrons. The first kappa shape index (κ1) is 14.7. The number of nitrogens with zero attached hydrogens (tertiary/aromatic N) is 2. The van der Waals surface area contributed by atoms with Gasteiger partial charge in [0, 0.05) is 31.4 Å². The number of halogens is 1. The van der Waals surface area contributed by atoms with Crippen LogP contribution in [0, 0.1) is 5.82 Å². The van der Waals surface area contributed by atoms with Crippen molar-refractivity contribution >= 4 is 0 Å². The zero-order valence-electron chi connectivity index (χ0n) is 12.1. The van der Waals surface area contributed by atoms with E-state index in [9.17, 15) is 4.39 Å². The monoisotopic (exact) mass is 275 g/mol. The second-order valence-corrected chi connectivity index (χ2v) is 5.15. The summed E-state index contributed by atoms with van der Waals surface area (Å²) in [5.74, 6) is -0.185. The highest BCUT2D eigenvalue weighted by atomic mass is 19.1. The van der Waals surface area contributed by atoms with Crippen LogP contribution in [-0.2, 0) is 13.6 Å². The lowest BCUT2D eigenvalue weighted by Gasteiger charge is -2.18. The maximum atomic E-state index is 13.0. The van der Waals surface area contributed by atoms with E-state index in [1.54, 1.807) is 4.68 Å². The normalized spacial score (nSPS) is 12.6. The van der Waals surface area contributed by atoms with Crippen LogP contribution in [0.15, 0.2) is 36.7 Å². The predicted molar refractivity (Wildman–Crippen MR) is 78.7 cm³/mol. The Morgan fingerprint density at radius 2 is 2.05 bits per heavy atom. The molecular formula is C16H22FN3. The van der Waals surface area contributed by atoms with Crippen molar-refractivity contribution in [2.24, 2.45) is 7.05 Å². The SMILES string of the molecule is CCCCC(NCc1cnn(C)c1)c1ccc(F)cc1. The lowest BCUT2D eigenvalue weighted by atomic mass is 10.0. The minimum absolute atomic E-state index is 0.185. The molecule has 1 N–H and O–H groups in total. The summed E-state index contributed by atoms with van der Waals surface area (Å²) < 4.78 is 14.8. The fourth-order valence-electron chi connectivity index (χ4n) is 2.29. The highest BCUT2D eigenvalue weighted by Gasteiger charge is 2.11. The molecule has 20 heavy (non-hydrogen) atoms. The molecule has 0 aliphatic rings. The van der Waals surface area contributed by atoms with Gasteiger partial charge in [-0.2, -0.15) is 5.10 Å². The summed E-state index contributed by atoms with van der Waals surface area (Å²) in [4.78, 5) is 0. The summed E-state index contributed by atoms with van der Waals surface area (Å²) in [5, 5.41) is 7.71. The van der Waals surface area contributed by atoms with Crippen molar-refractivity contribution < 1.29 is 4.39 Å². The van der Waals surface area contributed by atoms with Crippen molar-refractivity contribution in [3.63, 3.8) is 0 Å². The molecule has 1 aromatic carbocycles. The van der Waals surface area contributed by atoms with E-state index in [0.717, 1.165) is 36.9 Å². The van der Waals surface area contributed by atoms with Gasteiger partial charge in [-0.15, -0.1) is 0 Å². The predicted octanol–water partition coefficient (Wildman–Crippen LogP) is 3.58. The van der Waals surface area contributed by atoms with Gasteiger partial charge in [-0.25, -0.2) is 4.39 Å². The zero-order chi connectivity index (χ0) is 14.4. The standard InChI is InChI=1S/C16H22FN3/c1-3-4-5-16(14-6-8-15(17)9-7-14)18-10-13-11-19-20(2)12-13/h6-9,11-12,16,18H,3-5,10H2,1-2H3. The average Bonchev–Trinajstić information content (AvgIpc) is 2.86. The van der Waals surface area contributed by atoms with Crippen LogP contribution in [0.5, 0.6) is 0 Å². The molecule has 0 saturated heterocycles. The van der Waals surface area contributed by atoms with Gasteiger partial charge in [0.2, 0.25) is 0 Å². The van der Waals surface area contributed by atoms with Gasteiger partial charge in [0.15, 0.2) is 0 Å². The average molecular weight is 275 g/mol. The highest BCUT2D eigenvalue weighted by molar-refractivity contribution is 5.20. The van der Waals surface area contributed by atoms with Gasteiger partial charge in [-0.3, -0.25) is 4.68 Å². The molecule has 1 aromatic heterocycles. The molecule has 0 aliphatic heterocycles. The summed E-state index contributed by atoms with van der Waals surface area (Å²) in [6, 6.07) is 7.05. The topological polar surface area (TPSA) is 29.9 Å². The molecular weight excluding hydrogens is 253 g/mol. The second kappa shape index (κ2) is 7.20. The fourth-order valence-corrected chi connectivity index (χ4v) is 2.29. The van der Waals surface area contributed by atoms with Crippen LogP contribution >= 0.6 is 0 Å². The first-order chi connectivity index (χ1) is 9.69. The molecule has 0 radical (unpaired) electrons. The van der Waals surface area contributed by atoms with E-state index in [2.05, 4.69) is 17.3 Å². The third-order valence-corrected chi connectivity index (χ3v) is 3.43. The number of aryl methyl sites for hydroxylation is 1. The molecule has 0 spiro atoms. The first-order valence-corrected chi connectivity index (χ1v) is 7.15. The lowest BCUT2D eigenvalue weighted by molar-refractivity contribution is 0.479. The maximum absolute atomic E-state index is 13.0. The van der Waals surface area contributed by atoms with E-state index in [4.69, 9.17) is 0 Å². The molecule has 0 fully saturated rings. The number of hydrogen-bond donors (Lipinski definition) is 1. The Kier molecular flexibility index (Phi) is 5.30. The van der Waals surface area contributed by atoms with E-state index >= 15 is 0 Å². The van der Waals surface area contributed by atoms with Crippen LogP contribution in [0.1, 0.15) is 43.4 Å². The molecule has 2 rings (SSSR count). The van der Waals surface area contributed by atoms with Crippen molar-refractivity contribution in [1.29, 1.82) is 0 Å². The van der Waals surface area contributed by atoms with Gasteiger partial charge < -0.3 is 5.32 Å². The van der Waals surface area contributed by atoms with Gasteiger partial charge in [-0.05, 0) is 24.1 Å². The van der Waals surface area contributed by atoms with Crippen LogP contribution in [0.3, 0.4) is 0 Å². The largest absolute Gasteiger partial charge is 0.306 e. The van der Waals surface area contributed by atoms with E-state index in [1.807, 2.05) is 31.6 Å². The number of aromatic nitrogens is 2. The van der Waals surface area contributed by atoms with Crippen molar-refractivity contribution in [2.75, 3.05) is 0 Å². The molecule has 1 heterocycles. The summed E-state index contributed by atoms with van der Waals surface area (Å²) in [5.41, 5.74) is 2.31. The van der Waals surface area contributed by atoms with Crippen LogP contribution in [-0.4, -0.2) is 9.78 Å². The van der Waals surface area contributed by atoms with Crippen molar-refractivity contribution in [3.05, 3.63) is 53.6 Å². The lowest BCUT2D eigenvalue weighted by Crippen LogP contribution is -2.20. The summed E-state index contributed by atoms with van der Waals surface area (Å²) >= 11 is 0. The van der Waals surface area contributed by atoms with Gasteiger partial charge in [0.05, 0.1) is 6.20 Å². The van der Waals surface area contributed by atoms with Crippen molar-refractivity contribution in [2.45, 2.75) is 38.8 Å². The highest BCUT2D eigenvalue weighted by Crippen LogP contribution is 2.20. The molecule has 0 bridgehead atoms. The number of nitrogens with one attached hydrogen (secondary N) is 1. The quantitative estimate of drug-likeness (QED) is 0.837. The number of benzene rings is 1. The second-order valence-electron chi connectivity index (χ2n) is 5.15. The van der Waals surface area contributed by atoms with Crippen LogP contribution in [0.2, 0.25) is 0 Å². The van der Waals surface area contributed by atoms with Gasteiger partial charge >= 0.3 is 0 Å². The fraction of sp³-hybridized carbons (Fsp3) is 0.438. The Labute approximate surface area is 119 Å². The Morgan fingerprint density at radius 1 is 1.30 bits per heavy atom. The molecule has 0 aliphatic carbocycles. The Balaban J connectivity index is 2.01. The molecule has 0 saturated carbocycles. The summed E-state index contributed by atoms with van der Waals surface area (Å²) in [6.07, 6.45) is 7.25. The number of hydrogen-bond acceptors (Lipinski definition) is 2. The minimum atomic E-state index is -0.185. The van der Waals surface area contributed by atoms with Crippen molar-refractivity contribution in [3.8, 4) is 0 Å². The van der Waals surface area contributed by atoms with Crippen LogP contribution in [0.4, 0.5) is 4.39 Å². The van der Waals surface area contributed by atoms with Crippen molar-refractivity contribution in [1.82, 2.24) is 15.1 Å². The minimum Gasteiger partial charge on any atom is -0.306 e. The van der Waals surface area contributed by atoms with E-state index in [-0.39, 0.29) is 11.9 Å². The van der Waals surface area contributed by atoms with E-state index in [0.29, 0.717) is 0 Å². The Morgan fingerprint density at radius 3 is 2.65 bits per heavy atom. The first-order valence-electron chi connectivity index (χ1n) is 7.15. The van der Waals surface area contributed by atoms with Crippen LogP contribution in [0.25, 0.3) is 0 Å². The molecule has 4 heteroatoms. The molecule has 0 amide bonds. The van der Waals surface area contributed by atoms with Gasteiger partial charge in [0.1, 0.15) is 5.82 Å². The zero-order valence-corrected chi connectivity index (χ0v) is 12.1. The molecule has 1 atom stereocenters. The van der Waals surface area contributed by atoms with E-state index < -0.39 is 0 Å². The van der Waals surface area contributed by atoms with Gasteiger partial charge in [0.25, 0.3) is 0 Å². The summed E-state index contributed by atoms with van der Waals surface area (Å²) in [7, 11) is 1.91. The Bertz CT molecular complexity index is 519. The molecule has 2 aromatic rings. The maximum Gasteiger partial charge on any atom is 0.123 e. The molecule has 3 nitrogen and oxygen atoms in total. The van der Waals surface area contributed by atoms with E-state index in [1.165, 1.54) is 12.1 Å². The van der Waals surface area contributed by atoms with Crippen LogP contribution < -0.4 is 5.32 Å². The number of unbranched alkanes of at least 4 members (excludes halogenated alkanes) is 1. The van der Waals surface area contributed by atoms with Gasteiger partial charge in [-0.1, -0.05) is 31.9 Å². The number of rotatable bonds is 7.